The molecule has 6 aliphatic carbocycles. The Morgan fingerprint density at radius 1 is 0.653 bits per heavy atom. The van der Waals surface area contributed by atoms with Crippen LogP contribution >= 0.6 is 0 Å². The number of fused-ring (bicyclic) bond motifs is 6. The van der Waals surface area contributed by atoms with Gasteiger partial charge in [-0.15, -0.1) is 0 Å². The van der Waals surface area contributed by atoms with Crippen LogP contribution in [-0.4, -0.2) is 54.4 Å². The van der Waals surface area contributed by atoms with Crippen LogP contribution in [0.15, 0.2) is 46.8 Å². The Balaban J connectivity index is 0.000000191. The van der Waals surface area contributed by atoms with Crippen LogP contribution in [0.2, 0.25) is 0 Å². The van der Waals surface area contributed by atoms with Gasteiger partial charge in [0.1, 0.15) is 12.2 Å². The normalized spacial score (nSPS) is 37.2. The molecule has 0 bridgehead atoms. The molecule has 8 atom stereocenters. The van der Waals surface area contributed by atoms with E-state index >= 15 is 0 Å². The zero-order chi connectivity index (χ0) is 36.4. The highest BCUT2D eigenvalue weighted by Crippen LogP contribution is 2.61. The van der Waals surface area contributed by atoms with Gasteiger partial charge in [-0.05, 0) is 78.1 Å². The summed E-state index contributed by atoms with van der Waals surface area (Å²) in [4.78, 5) is 74.9. The molecular formula is C40H52O9. The standard InChI is InChI=1S/C20H26O5.C20H26O4/c1-11(21)25-13-10-15-19(2,3)7-6-8-20(15,4)17-12(22)9-14(24-5)18(23)16(13)17;1-11-9-13(22)17-16(18(11)23)14(24-12(2)21)10-15-19(3,4)7-6-8-20(15,17)5/h9-10,13,16-17H,6-8H2,1-5H3;9-10,14,16-17H,6-8H2,1-5H3/t13-,16?,17?,20?;14-,16?,17?,20?/m11/s1. The molecule has 6 rings (SSSR count). The summed E-state index contributed by atoms with van der Waals surface area (Å²) in [6.45, 7) is 17.2. The summed E-state index contributed by atoms with van der Waals surface area (Å²) in [6, 6.07) is 0. The summed E-state index contributed by atoms with van der Waals surface area (Å²) in [5.41, 5.74) is 1.88. The lowest BCUT2D eigenvalue weighted by Gasteiger charge is -2.55. The largest absolute Gasteiger partial charge is 0.493 e. The molecule has 0 heterocycles. The van der Waals surface area contributed by atoms with E-state index in [-0.39, 0.29) is 45.1 Å². The van der Waals surface area contributed by atoms with Crippen molar-refractivity contribution in [2.24, 2.45) is 45.3 Å². The van der Waals surface area contributed by atoms with E-state index in [1.807, 2.05) is 12.2 Å². The van der Waals surface area contributed by atoms with E-state index in [0.29, 0.717) is 5.57 Å². The van der Waals surface area contributed by atoms with Gasteiger partial charge < -0.3 is 14.2 Å². The molecule has 49 heavy (non-hydrogen) atoms. The molecule has 2 fully saturated rings. The number of ketones is 4. The molecule has 0 saturated heterocycles. The summed E-state index contributed by atoms with van der Waals surface area (Å²) in [7, 11) is 1.38. The first-order valence-electron chi connectivity index (χ1n) is 17.6. The number of hydrogen-bond acceptors (Lipinski definition) is 9. The smallest absolute Gasteiger partial charge is 0.303 e. The fraction of sp³-hybridized carbons (Fsp3) is 0.650. The maximum atomic E-state index is 13.0. The maximum Gasteiger partial charge on any atom is 0.303 e. The van der Waals surface area contributed by atoms with Crippen molar-refractivity contribution < 1.29 is 43.0 Å². The predicted molar refractivity (Wildman–Crippen MR) is 182 cm³/mol. The Morgan fingerprint density at radius 3 is 1.47 bits per heavy atom. The Bertz CT molecular complexity index is 1620. The maximum absolute atomic E-state index is 13.0. The van der Waals surface area contributed by atoms with Crippen LogP contribution in [0, 0.1) is 45.3 Å². The lowest BCUT2D eigenvalue weighted by atomic mass is 9.48. The molecule has 0 aliphatic heterocycles. The van der Waals surface area contributed by atoms with E-state index in [9.17, 15) is 28.8 Å². The van der Waals surface area contributed by atoms with Gasteiger partial charge in [-0.25, -0.2) is 0 Å². The van der Waals surface area contributed by atoms with Gasteiger partial charge in [0.15, 0.2) is 23.1 Å². The fourth-order valence-corrected chi connectivity index (χ4v) is 10.5. The number of Topliss-reactive ketones (excluding diaryl/α,β-unsaturated/α-hetero) is 2. The van der Waals surface area contributed by atoms with Crippen LogP contribution in [0.1, 0.15) is 101 Å². The van der Waals surface area contributed by atoms with Gasteiger partial charge in [0.05, 0.1) is 18.9 Å². The lowest BCUT2D eigenvalue weighted by Crippen LogP contribution is -2.56. The van der Waals surface area contributed by atoms with Crippen molar-refractivity contribution in [2.75, 3.05) is 7.11 Å². The topological polar surface area (TPSA) is 130 Å². The SMILES string of the molecule is CC(=O)O[C@@H]1C=C2C(C)(C)CCCC2(C)C2C(=O)C=C(C)C(=O)C21.COC1=CC(=O)C2C(C1=O)[C@H](OC(C)=O)C=C1C(C)(C)CCCC12C. The fourth-order valence-electron chi connectivity index (χ4n) is 10.5. The molecule has 6 aliphatic rings. The van der Waals surface area contributed by atoms with Gasteiger partial charge in [-0.3, -0.25) is 28.8 Å². The number of methoxy groups -OCH3 is 1. The molecular weight excluding hydrogens is 624 g/mol. The Labute approximate surface area is 289 Å². The lowest BCUT2D eigenvalue weighted by molar-refractivity contribution is -0.157. The number of rotatable bonds is 3. The summed E-state index contributed by atoms with van der Waals surface area (Å²) < 4.78 is 16.1. The Kier molecular flexibility index (Phi) is 9.43. The second-order valence-electron chi connectivity index (χ2n) is 16.7. The van der Waals surface area contributed by atoms with Gasteiger partial charge in [0.25, 0.3) is 0 Å². The monoisotopic (exact) mass is 676 g/mol. The van der Waals surface area contributed by atoms with E-state index in [2.05, 4.69) is 41.5 Å². The third-order valence-corrected chi connectivity index (χ3v) is 12.5. The molecule has 9 heteroatoms. The summed E-state index contributed by atoms with van der Waals surface area (Å²) in [6.07, 6.45) is 11.2. The minimum absolute atomic E-state index is 0.0000482. The molecule has 9 nitrogen and oxygen atoms in total. The molecule has 0 aromatic heterocycles. The number of hydrogen-bond donors (Lipinski definition) is 0. The van der Waals surface area contributed by atoms with Gasteiger partial charge in [0, 0.05) is 31.8 Å². The predicted octanol–water partition coefficient (Wildman–Crippen LogP) is 6.39. The molecule has 6 unspecified atom stereocenters. The Hall–Kier alpha value is -3.62. The van der Waals surface area contributed by atoms with Gasteiger partial charge in [-0.1, -0.05) is 65.5 Å². The molecule has 2 saturated carbocycles. The molecule has 266 valence electrons. The molecule has 0 N–H and O–H groups in total. The highest BCUT2D eigenvalue weighted by Gasteiger charge is 2.61. The molecule has 0 amide bonds. The van der Waals surface area contributed by atoms with Crippen molar-refractivity contribution in [2.45, 2.75) is 113 Å². The second kappa shape index (κ2) is 12.6. The minimum Gasteiger partial charge on any atom is -0.493 e. The van der Waals surface area contributed by atoms with E-state index in [1.54, 1.807) is 6.92 Å². The summed E-state index contributed by atoms with van der Waals surface area (Å²) in [5, 5.41) is 0. The van der Waals surface area contributed by atoms with E-state index in [1.165, 1.54) is 38.7 Å². The minimum atomic E-state index is -0.724. The third kappa shape index (κ3) is 6.09. The van der Waals surface area contributed by atoms with Crippen LogP contribution in [0.4, 0.5) is 0 Å². The first-order chi connectivity index (χ1) is 22.7. The van der Waals surface area contributed by atoms with Crippen molar-refractivity contribution in [3.05, 3.63) is 46.8 Å². The first kappa shape index (κ1) is 36.7. The number of carbonyl (C=O) groups excluding carboxylic acids is 6. The molecule has 0 aromatic carbocycles. The van der Waals surface area contributed by atoms with E-state index in [4.69, 9.17) is 14.2 Å². The number of ether oxygens (including phenoxy) is 3. The number of allylic oxidation sites excluding steroid dienone is 6. The first-order valence-corrected chi connectivity index (χ1v) is 17.6. The van der Waals surface area contributed by atoms with Crippen LogP contribution < -0.4 is 0 Å². The zero-order valence-corrected chi connectivity index (χ0v) is 30.7. The van der Waals surface area contributed by atoms with Crippen LogP contribution in [-0.2, 0) is 43.0 Å². The van der Waals surface area contributed by atoms with Crippen LogP contribution in [0.5, 0.6) is 0 Å². The quantitative estimate of drug-likeness (QED) is 0.246. The van der Waals surface area contributed by atoms with Crippen molar-refractivity contribution >= 4 is 35.1 Å². The average Bonchev–Trinajstić information content (AvgIpc) is 2.97. The van der Waals surface area contributed by atoms with Crippen molar-refractivity contribution in [3.63, 3.8) is 0 Å². The van der Waals surface area contributed by atoms with Crippen molar-refractivity contribution in [1.29, 1.82) is 0 Å². The zero-order valence-electron chi connectivity index (χ0n) is 30.7. The molecule has 0 radical (unpaired) electrons. The van der Waals surface area contributed by atoms with Gasteiger partial charge in [-0.2, -0.15) is 0 Å². The molecule has 0 aromatic rings. The van der Waals surface area contributed by atoms with Gasteiger partial charge >= 0.3 is 11.9 Å². The Morgan fingerprint density at radius 2 is 1.06 bits per heavy atom. The second-order valence-corrected chi connectivity index (χ2v) is 16.7. The van der Waals surface area contributed by atoms with Gasteiger partial charge in [0.2, 0.25) is 5.78 Å². The van der Waals surface area contributed by atoms with Crippen LogP contribution in [0.25, 0.3) is 0 Å². The van der Waals surface area contributed by atoms with Crippen LogP contribution in [0.3, 0.4) is 0 Å². The highest BCUT2D eigenvalue weighted by atomic mass is 16.5. The van der Waals surface area contributed by atoms with E-state index in [0.717, 1.165) is 44.1 Å². The van der Waals surface area contributed by atoms with Crippen molar-refractivity contribution in [1.82, 2.24) is 0 Å². The summed E-state index contributed by atoms with van der Waals surface area (Å²) >= 11 is 0. The molecule has 0 spiro atoms. The average molecular weight is 677 g/mol. The van der Waals surface area contributed by atoms with Crippen molar-refractivity contribution in [3.8, 4) is 0 Å². The third-order valence-electron chi connectivity index (χ3n) is 12.5. The number of carbonyl (C=O) groups is 6. The summed E-state index contributed by atoms with van der Waals surface area (Å²) in [5.74, 6) is -3.48. The number of esters is 2. The van der Waals surface area contributed by atoms with E-state index < -0.39 is 53.2 Å². The highest BCUT2D eigenvalue weighted by molar-refractivity contribution is 6.12.